The van der Waals surface area contributed by atoms with Crippen LogP contribution < -0.4 is 5.73 Å². The Bertz CT molecular complexity index is 633. The molecular formula is C16H18ClN3S. The van der Waals surface area contributed by atoms with Crippen molar-refractivity contribution in [2.75, 3.05) is 0 Å². The van der Waals surface area contributed by atoms with Gasteiger partial charge in [-0.1, -0.05) is 30.2 Å². The summed E-state index contributed by atoms with van der Waals surface area (Å²) in [6.45, 7) is 0. The lowest BCUT2D eigenvalue weighted by Crippen LogP contribution is -2.13. The highest BCUT2D eigenvalue weighted by Crippen LogP contribution is 2.30. The number of nitrogens with two attached hydrogens (primary N) is 1. The van der Waals surface area contributed by atoms with Gasteiger partial charge in [0, 0.05) is 28.4 Å². The van der Waals surface area contributed by atoms with E-state index in [0.29, 0.717) is 0 Å². The lowest BCUT2D eigenvalue weighted by Gasteiger charge is -2.12. The number of nitrogens with zero attached hydrogens (tertiary/aromatic N) is 2. The van der Waals surface area contributed by atoms with Gasteiger partial charge >= 0.3 is 0 Å². The molecule has 1 aromatic heterocycles. The van der Waals surface area contributed by atoms with Gasteiger partial charge in [0.1, 0.15) is 5.82 Å². The second-order valence-electron chi connectivity index (χ2n) is 5.26. The van der Waals surface area contributed by atoms with Crippen LogP contribution in [0.15, 0.2) is 35.4 Å². The van der Waals surface area contributed by atoms with E-state index in [1.165, 1.54) is 6.42 Å². The summed E-state index contributed by atoms with van der Waals surface area (Å²) < 4.78 is 0. The second-order valence-corrected chi connectivity index (χ2v) is 6.68. The maximum Gasteiger partial charge on any atom is 0.138 e. The molecule has 1 heterocycles. The van der Waals surface area contributed by atoms with E-state index >= 15 is 0 Å². The number of thioether (sulfide) groups is 1. The molecule has 5 heteroatoms. The summed E-state index contributed by atoms with van der Waals surface area (Å²) in [6.07, 6.45) is 6.29. The Balaban J connectivity index is 1.75. The Hall–Kier alpha value is -1.10. The molecule has 1 atom stereocenters. The Morgan fingerprint density at radius 2 is 2.14 bits per heavy atom. The van der Waals surface area contributed by atoms with E-state index in [9.17, 15) is 0 Å². The largest absolute Gasteiger partial charge is 0.324 e. The molecule has 1 aliphatic rings. The molecule has 21 heavy (non-hydrogen) atoms. The summed E-state index contributed by atoms with van der Waals surface area (Å²) in [5.74, 6) is 1.58. The second kappa shape index (κ2) is 6.77. The first-order chi connectivity index (χ1) is 10.2. The molecule has 2 N–H and O–H groups in total. The van der Waals surface area contributed by atoms with E-state index in [-0.39, 0.29) is 6.04 Å². The maximum atomic E-state index is 6.18. The molecule has 0 amide bonds. The highest BCUT2D eigenvalue weighted by molar-refractivity contribution is 7.98. The van der Waals surface area contributed by atoms with Crippen molar-refractivity contribution in [2.45, 2.75) is 42.4 Å². The van der Waals surface area contributed by atoms with Crippen LogP contribution >= 0.6 is 23.4 Å². The van der Waals surface area contributed by atoms with Crippen molar-refractivity contribution in [3.63, 3.8) is 0 Å². The van der Waals surface area contributed by atoms with E-state index in [4.69, 9.17) is 22.3 Å². The molecule has 3 rings (SSSR count). The van der Waals surface area contributed by atoms with Gasteiger partial charge in [-0.15, -0.1) is 11.8 Å². The topological polar surface area (TPSA) is 51.8 Å². The zero-order valence-electron chi connectivity index (χ0n) is 11.8. The van der Waals surface area contributed by atoms with E-state index in [0.717, 1.165) is 52.0 Å². The van der Waals surface area contributed by atoms with Crippen molar-refractivity contribution in [3.05, 3.63) is 52.6 Å². The highest BCUT2D eigenvalue weighted by Gasteiger charge is 2.17. The first kappa shape index (κ1) is 14.8. The summed E-state index contributed by atoms with van der Waals surface area (Å²) in [4.78, 5) is 10.3. The lowest BCUT2D eigenvalue weighted by atomic mass is 10.1. The monoisotopic (exact) mass is 319 g/mol. The molecule has 3 nitrogen and oxygen atoms in total. The average Bonchev–Trinajstić information content (AvgIpc) is 2.68. The van der Waals surface area contributed by atoms with Crippen molar-refractivity contribution in [1.29, 1.82) is 0 Å². The van der Waals surface area contributed by atoms with Gasteiger partial charge < -0.3 is 5.73 Å². The minimum absolute atomic E-state index is 0.0905. The maximum absolute atomic E-state index is 6.18. The smallest absolute Gasteiger partial charge is 0.138 e. The van der Waals surface area contributed by atoms with Gasteiger partial charge in [-0.25, -0.2) is 9.97 Å². The van der Waals surface area contributed by atoms with Crippen molar-refractivity contribution < 1.29 is 0 Å². The van der Waals surface area contributed by atoms with Crippen LogP contribution in [0.5, 0.6) is 0 Å². The molecule has 0 aliphatic heterocycles. The van der Waals surface area contributed by atoms with Crippen LogP contribution in [0.4, 0.5) is 0 Å². The molecule has 0 bridgehead atoms. The number of aryl methyl sites for hydroxylation is 1. The predicted molar refractivity (Wildman–Crippen MR) is 87.5 cm³/mol. The SMILES string of the molecule is NC1CCCCc2nc(CSc3ccccc3Cl)ncc21. The number of benzene rings is 1. The van der Waals surface area contributed by atoms with Gasteiger partial charge in [0.25, 0.3) is 0 Å². The molecular weight excluding hydrogens is 302 g/mol. The van der Waals surface area contributed by atoms with Crippen LogP contribution in [0.2, 0.25) is 5.02 Å². The van der Waals surface area contributed by atoms with Crippen molar-refractivity contribution >= 4 is 23.4 Å². The third-order valence-corrected chi connectivity index (χ3v) is 5.23. The van der Waals surface area contributed by atoms with Crippen LogP contribution in [0.3, 0.4) is 0 Å². The number of aromatic nitrogens is 2. The first-order valence-electron chi connectivity index (χ1n) is 7.21. The number of rotatable bonds is 3. The average molecular weight is 320 g/mol. The molecule has 0 saturated carbocycles. The van der Waals surface area contributed by atoms with Gasteiger partial charge in [0.15, 0.2) is 0 Å². The zero-order valence-corrected chi connectivity index (χ0v) is 13.3. The van der Waals surface area contributed by atoms with Gasteiger partial charge in [-0.05, 0) is 31.4 Å². The summed E-state index contributed by atoms with van der Waals surface area (Å²) in [5.41, 5.74) is 8.43. The fraction of sp³-hybridized carbons (Fsp3) is 0.375. The number of hydrogen-bond donors (Lipinski definition) is 1. The molecule has 0 fully saturated rings. The Morgan fingerprint density at radius 1 is 1.29 bits per heavy atom. The molecule has 0 radical (unpaired) electrons. The highest BCUT2D eigenvalue weighted by atomic mass is 35.5. The van der Waals surface area contributed by atoms with Crippen LogP contribution in [0.25, 0.3) is 0 Å². The summed E-state index contributed by atoms with van der Waals surface area (Å²) in [7, 11) is 0. The van der Waals surface area contributed by atoms with E-state index in [1.54, 1.807) is 11.8 Å². The van der Waals surface area contributed by atoms with Crippen LogP contribution in [-0.2, 0) is 12.2 Å². The first-order valence-corrected chi connectivity index (χ1v) is 8.58. The number of fused-ring (bicyclic) bond motifs is 1. The molecule has 1 unspecified atom stereocenters. The van der Waals surface area contributed by atoms with Crippen LogP contribution in [0, 0.1) is 0 Å². The van der Waals surface area contributed by atoms with Crippen LogP contribution in [-0.4, -0.2) is 9.97 Å². The summed E-state index contributed by atoms with van der Waals surface area (Å²) in [5, 5.41) is 0.777. The van der Waals surface area contributed by atoms with Gasteiger partial charge in [-0.2, -0.15) is 0 Å². The van der Waals surface area contributed by atoms with Gasteiger partial charge in [0.2, 0.25) is 0 Å². The standard InChI is InChI=1S/C16H18ClN3S/c17-12-5-1-4-8-15(12)21-10-16-19-9-11-13(18)6-2-3-7-14(11)20-16/h1,4-5,8-9,13H,2-3,6-7,10,18H2. The molecule has 0 spiro atoms. The van der Waals surface area contributed by atoms with Gasteiger partial charge in [-0.3, -0.25) is 0 Å². The lowest BCUT2D eigenvalue weighted by molar-refractivity contribution is 0.614. The van der Waals surface area contributed by atoms with E-state index in [1.807, 2.05) is 30.5 Å². The van der Waals surface area contributed by atoms with Crippen molar-refractivity contribution in [3.8, 4) is 0 Å². The Labute approximate surface area is 134 Å². The molecule has 1 aliphatic carbocycles. The fourth-order valence-electron chi connectivity index (χ4n) is 2.56. The molecule has 1 aromatic carbocycles. The minimum atomic E-state index is 0.0905. The summed E-state index contributed by atoms with van der Waals surface area (Å²) in [6, 6.07) is 7.94. The normalized spacial score (nSPS) is 18.1. The van der Waals surface area contributed by atoms with Gasteiger partial charge in [0.05, 0.1) is 10.8 Å². The number of hydrogen-bond acceptors (Lipinski definition) is 4. The number of halogens is 1. The fourth-order valence-corrected chi connectivity index (χ4v) is 3.67. The van der Waals surface area contributed by atoms with E-state index < -0.39 is 0 Å². The van der Waals surface area contributed by atoms with E-state index in [2.05, 4.69) is 4.98 Å². The molecule has 0 saturated heterocycles. The molecule has 110 valence electrons. The Kier molecular flexibility index (Phi) is 4.78. The minimum Gasteiger partial charge on any atom is -0.324 e. The quantitative estimate of drug-likeness (QED) is 0.682. The third-order valence-electron chi connectivity index (χ3n) is 3.72. The molecule has 2 aromatic rings. The van der Waals surface area contributed by atoms with Crippen LogP contribution in [0.1, 0.15) is 42.4 Å². The van der Waals surface area contributed by atoms with Crippen molar-refractivity contribution in [1.82, 2.24) is 9.97 Å². The van der Waals surface area contributed by atoms with Crippen molar-refractivity contribution in [2.24, 2.45) is 5.73 Å². The predicted octanol–water partition coefficient (Wildman–Crippen LogP) is 4.15. The third kappa shape index (κ3) is 3.57. The zero-order chi connectivity index (χ0) is 14.7. The Morgan fingerprint density at radius 3 is 3.00 bits per heavy atom. The summed E-state index contributed by atoms with van der Waals surface area (Å²) >= 11 is 7.84.